The van der Waals surface area contributed by atoms with E-state index >= 15 is 0 Å². The van der Waals surface area contributed by atoms with E-state index < -0.39 is 29.7 Å². The number of piperidine rings is 1. The average Bonchev–Trinajstić information content (AvgIpc) is 3.08. The van der Waals surface area contributed by atoms with Gasteiger partial charge in [-0.1, -0.05) is 12.5 Å². The number of fused-ring (bicyclic) bond motifs is 1. The second kappa shape index (κ2) is 13.1. The van der Waals surface area contributed by atoms with Crippen LogP contribution in [-0.4, -0.2) is 80.5 Å². The first-order chi connectivity index (χ1) is 16.9. The molecule has 1 aromatic carbocycles. The molecule has 2 aliphatic rings. The minimum atomic E-state index is -1.05. The molecule has 11 heteroatoms. The Bertz CT molecular complexity index is 965. The lowest BCUT2D eigenvalue weighted by Crippen LogP contribution is -2.54. The highest BCUT2D eigenvalue weighted by molar-refractivity contribution is 6.26. The van der Waals surface area contributed by atoms with Crippen LogP contribution in [0.3, 0.4) is 0 Å². The highest BCUT2D eigenvalue weighted by atomic mass is 16.5. The molecule has 2 aliphatic heterocycles. The maximum absolute atomic E-state index is 13.1. The summed E-state index contributed by atoms with van der Waals surface area (Å²) in [5.74, 6) is -2.63. The van der Waals surface area contributed by atoms with Gasteiger partial charge in [-0.25, -0.2) is 0 Å². The number of imide groups is 2. The van der Waals surface area contributed by atoms with Gasteiger partial charge >= 0.3 is 0 Å². The number of likely N-dealkylation sites (N-methyl/N-ethyl adjacent to an activating group) is 1. The minimum Gasteiger partial charge on any atom is -0.379 e. The molecule has 11 nitrogen and oxygen atoms in total. The van der Waals surface area contributed by atoms with E-state index in [2.05, 4.69) is 16.0 Å². The van der Waals surface area contributed by atoms with Crippen LogP contribution in [0.2, 0.25) is 0 Å². The second-order valence-electron chi connectivity index (χ2n) is 8.36. The molecule has 0 bridgehead atoms. The minimum absolute atomic E-state index is 0.0445. The lowest BCUT2D eigenvalue weighted by molar-refractivity contribution is -0.136. The molecule has 0 saturated carbocycles. The first kappa shape index (κ1) is 26.5. The zero-order valence-electron chi connectivity index (χ0n) is 19.9. The monoisotopic (exact) mass is 488 g/mol. The molecule has 0 radical (unpaired) electrons. The highest BCUT2D eigenvalue weighted by Crippen LogP contribution is 2.32. The van der Waals surface area contributed by atoms with Gasteiger partial charge in [0, 0.05) is 26.0 Å². The van der Waals surface area contributed by atoms with E-state index in [1.165, 1.54) is 6.07 Å². The number of carbonyl (C=O) groups excluding carboxylic acids is 5. The first-order valence-electron chi connectivity index (χ1n) is 11.9. The first-order valence-corrected chi connectivity index (χ1v) is 11.9. The van der Waals surface area contributed by atoms with Crippen molar-refractivity contribution < 1.29 is 33.4 Å². The molecule has 1 atom stereocenters. The average molecular weight is 489 g/mol. The number of nitrogens with zero attached hydrogens (tertiary/aromatic N) is 1. The van der Waals surface area contributed by atoms with Crippen LogP contribution in [-0.2, 0) is 23.9 Å². The Hall–Kier alpha value is -3.15. The van der Waals surface area contributed by atoms with Crippen molar-refractivity contribution in [2.45, 2.75) is 44.6 Å². The Balaban J connectivity index is 1.44. The van der Waals surface area contributed by atoms with Crippen molar-refractivity contribution in [2.24, 2.45) is 0 Å². The van der Waals surface area contributed by atoms with Crippen LogP contribution in [0.25, 0.3) is 0 Å². The number of anilines is 1. The van der Waals surface area contributed by atoms with Crippen LogP contribution >= 0.6 is 0 Å². The van der Waals surface area contributed by atoms with Crippen LogP contribution < -0.4 is 16.0 Å². The Morgan fingerprint density at radius 1 is 1.03 bits per heavy atom. The number of rotatable bonds is 14. The van der Waals surface area contributed by atoms with E-state index in [1.807, 2.05) is 7.05 Å². The standard InChI is InChI=1S/C24H32N4O7/c1-25-11-13-35-15-14-34-12-4-2-3-8-19(29)26-17-7-5-6-16-21(17)24(33)28(23(16)32)18-9-10-20(30)27-22(18)31/h5-7,18,25H,2-4,8-15H2,1H3,(H,26,29)(H,27,30,31). The molecule has 5 amide bonds. The summed E-state index contributed by atoms with van der Waals surface area (Å²) < 4.78 is 10.9. The van der Waals surface area contributed by atoms with Crippen molar-refractivity contribution in [2.75, 3.05) is 45.3 Å². The third-order valence-electron chi connectivity index (χ3n) is 5.80. The summed E-state index contributed by atoms with van der Waals surface area (Å²) in [5.41, 5.74) is 0.438. The molecule has 0 aromatic heterocycles. The van der Waals surface area contributed by atoms with Gasteiger partial charge in [-0.05, 0) is 38.4 Å². The number of amides is 5. The number of nitrogens with one attached hydrogen (secondary N) is 3. The van der Waals surface area contributed by atoms with Crippen LogP contribution in [0.1, 0.15) is 59.2 Å². The van der Waals surface area contributed by atoms with Crippen molar-refractivity contribution in [3.8, 4) is 0 Å². The molecule has 190 valence electrons. The molecule has 1 saturated heterocycles. The lowest BCUT2D eigenvalue weighted by Gasteiger charge is -2.27. The number of benzene rings is 1. The fourth-order valence-corrected chi connectivity index (χ4v) is 3.99. The van der Waals surface area contributed by atoms with Crippen LogP contribution in [0.5, 0.6) is 0 Å². The number of carbonyl (C=O) groups is 5. The van der Waals surface area contributed by atoms with E-state index in [1.54, 1.807) is 12.1 Å². The second-order valence-corrected chi connectivity index (χ2v) is 8.36. The Kier molecular flexibility index (Phi) is 9.88. The Morgan fingerprint density at radius 3 is 2.54 bits per heavy atom. The highest BCUT2D eigenvalue weighted by Gasteiger charge is 2.45. The van der Waals surface area contributed by atoms with Crippen molar-refractivity contribution in [3.05, 3.63) is 29.3 Å². The quantitative estimate of drug-likeness (QED) is 0.258. The molecule has 35 heavy (non-hydrogen) atoms. The maximum atomic E-state index is 13.1. The van der Waals surface area contributed by atoms with Gasteiger partial charge in [-0.2, -0.15) is 0 Å². The fraction of sp³-hybridized carbons (Fsp3) is 0.542. The third kappa shape index (κ3) is 6.93. The van der Waals surface area contributed by atoms with E-state index in [-0.39, 0.29) is 42.0 Å². The smallest absolute Gasteiger partial charge is 0.264 e. The summed E-state index contributed by atoms with van der Waals surface area (Å²) in [5, 5.41) is 7.88. The summed E-state index contributed by atoms with van der Waals surface area (Å²) in [4.78, 5) is 62.9. The summed E-state index contributed by atoms with van der Waals surface area (Å²) >= 11 is 0. The summed E-state index contributed by atoms with van der Waals surface area (Å²) in [6.07, 6.45) is 2.65. The van der Waals surface area contributed by atoms with Crippen molar-refractivity contribution in [1.82, 2.24) is 15.5 Å². The van der Waals surface area contributed by atoms with Crippen LogP contribution in [0, 0.1) is 0 Å². The van der Waals surface area contributed by atoms with Gasteiger partial charge in [-0.15, -0.1) is 0 Å². The van der Waals surface area contributed by atoms with Gasteiger partial charge in [0.25, 0.3) is 11.8 Å². The zero-order chi connectivity index (χ0) is 25.2. The lowest BCUT2D eigenvalue weighted by atomic mass is 10.0. The third-order valence-corrected chi connectivity index (χ3v) is 5.80. The molecular formula is C24H32N4O7. The van der Waals surface area contributed by atoms with Gasteiger partial charge < -0.3 is 20.1 Å². The van der Waals surface area contributed by atoms with Gasteiger partial charge in [0.15, 0.2) is 0 Å². The summed E-state index contributed by atoms with van der Waals surface area (Å²) in [6, 6.07) is 3.57. The van der Waals surface area contributed by atoms with Crippen LogP contribution in [0.4, 0.5) is 5.69 Å². The van der Waals surface area contributed by atoms with Gasteiger partial charge in [-0.3, -0.25) is 34.2 Å². The largest absolute Gasteiger partial charge is 0.379 e. The predicted octanol–water partition coefficient (Wildman–Crippen LogP) is 0.839. The SMILES string of the molecule is CNCCOCCOCCCCCC(=O)Nc1cccc2c1C(=O)N(C1CCC(=O)NC1=O)C2=O. The van der Waals surface area contributed by atoms with E-state index in [9.17, 15) is 24.0 Å². The molecule has 3 rings (SSSR count). The van der Waals surface area contributed by atoms with Crippen molar-refractivity contribution >= 4 is 35.2 Å². The van der Waals surface area contributed by atoms with E-state index in [4.69, 9.17) is 9.47 Å². The van der Waals surface area contributed by atoms with Crippen LogP contribution in [0.15, 0.2) is 18.2 Å². The normalized spacial score (nSPS) is 17.5. The van der Waals surface area contributed by atoms with Gasteiger partial charge in [0.05, 0.1) is 36.6 Å². The summed E-state index contributed by atoms with van der Waals surface area (Å²) in [6.45, 7) is 3.13. The molecule has 1 aromatic rings. The molecule has 0 spiro atoms. The number of unbranched alkanes of at least 4 members (excludes halogenated alkanes) is 2. The maximum Gasteiger partial charge on any atom is 0.264 e. The number of hydrogen-bond acceptors (Lipinski definition) is 8. The van der Waals surface area contributed by atoms with Gasteiger partial charge in [0.2, 0.25) is 17.7 Å². The molecule has 0 aliphatic carbocycles. The van der Waals surface area contributed by atoms with E-state index in [0.29, 0.717) is 32.8 Å². The molecule has 1 fully saturated rings. The van der Waals surface area contributed by atoms with Crippen molar-refractivity contribution in [1.29, 1.82) is 0 Å². The zero-order valence-corrected chi connectivity index (χ0v) is 19.9. The Morgan fingerprint density at radius 2 is 1.80 bits per heavy atom. The fourth-order valence-electron chi connectivity index (χ4n) is 3.99. The topological polar surface area (TPSA) is 143 Å². The summed E-state index contributed by atoms with van der Waals surface area (Å²) in [7, 11) is 1.87. The Labute approximate surface area is 203 Å². The predicted molar refractivity (Wildman–Crippen MR) is 126 cm³/mol. The molecule has 3 N–H and O–H groups in total. The van der Waals surface area contributed by atoms with Gasteiger partial charge in [0.1, 0.15) is 6.04 Å². The molecule has 1 unspecified atom stereocenters. The molecule has 2 heterocycles. The van der Waals surface area contributed by atoms with E-state index in [0.717, 1.165) is 24.3 Å². The van der Waals surface area contributed by atoms with Crippen molar-refractivity contribution in [3.63, 3.8) is 0 Å². The number of ether oxygens (including phenoxy) is 2. The number of hydrogen-bond donors (Lipinski definition) is 3. The molecular weight excluding hydrogens is 456 g/mol.